The topological polar surface area (TPSA) is 25.2 Å². The van der Waals surface area contributed by atoms with Gasteiger partial charge in [0.1, 0.15) is 0 Å². The number of fused-ring (bicyclic) bond motifs is 1. The van der Waals surface area contributed by atoms with E-state index in [2.05, 4.69) is 50.8 Å². The third-order valence-electron chi connectivity index (χ3n) is 4.02. The Labute approximate surface area is 128 Å². The van der Waals surface area contributed by atoms with Gasteiger partial charge >= 0.3 is 6.03 Å². The number of rotatable bonds is 3. The predicted octanol–water partition coefficient (Wildman–Crippen LogP) is 3.80. The van der Waals surface area contributed by atoms with Crippen LogP contribution in [-0.2, 0) is 0 Å². The van der Waals surface area contributed by atoms with Crippen LogP contribution < -0.4 is 5.32 Å². The molecule has 0 atom stereocenters. The lowest BCUT2D eigenvalue weighted by molar-refractivity contribution is 0.206. The number of nitrogens with zero attached hydrogens (tertiary/aromatic N) is 2. The average Bonchev–Trinajstić information content (AvgIpc) is 2.80. The quantitative estimate of drug-likeness (QED) is 0.792. The van der Waals surface area contributed by atoms with Crippen molar-refractivity contribution < 1.29 is 4.79 Å². The molecule has 0 N–H and O–H groups in total. The number of aryl methyl sites for hydroxylation is 1. The number of benzene rings is 1. The van der Waals surface area contributed by atoms with Crippen molar-refractivity contribution in [3.8, 4) is 0 Å². The second-order valence-electron chi connectivity index (χ2n) is 6.58. The van der Waals surface area contributed by atoms with Crippen LogP contribution in [0.5, 0.6) is 0 Å². The Balaban J connectivity index is 2.77. The summed E-state index contributed by atoms with van der Waals surface area (Å²) in [6.07, 6.45) is 0. The molecule has 21 heavy (non-hydrogen) atoms. The van der Waals surface area contributed by atoms with E-state index in [1.807, 2.05) is 23.3 Å². The van der Waals surface area contributed by atoms with E-state index >= 15 is 0 Å². The van der Waals surface area contributed by atoms with Gasteiger partial charge in [-0.3, -0.25) is 4.57 Å². The summed E-state index contributed by atoms with van der Waals surface area (Å²) in [6.45, 7) is 14.5. The average molecular weight is 302 g/mol. The standard InChI is InChI=1S/C17H26N2OSi/c1-7-18(8-2)17(20)19-15(21(4,5)6)12-14-11-9-10-13(3)16(14)19/h9-12H,7-8H2,1-6H3. The maximum atomic E-state index is 13.0. The number of aromatic nitrogens is 1. The fourth-order valence-corrected chi connectivity index (χ4v) is 4.29. The van der Waals surface area contributed by atoms with Gasteiger partial charge < -0.3 is 4.90 Å². The Morgan fingerprint density at radius 3 is 2.33 bits per heavy atom. The molecule has 3 nitrogen and oxygen atoms in total. The molecule has 2 aromatic rings. The van der Waals surface area contributed by atoms with Crippen LogP contribution >= 0.6 is 0 Å². The van der Waals surface area contributed by atoms with Gasteiger partial charge in [-0.1, -0.05) is 37.8 Å². The fraction of sp³-hybridized carbons (Fsp3) is 0.471. The van der Waals surface area contributed by atoms with E-state index in [4.69, 9.17) is 0 Å². The lowest BCUT2D eigenvalue weighted by Crippen LogP contribution is -2.48. The van der Waals surface area contributed by atoms with Gasteiger partial charge in [0.05, 0.1) is 13.6 Å². The zero-order valence-corrected chi connectivity index (χ0v) is 15.0. The molecular formula is C17H26N2OSi. The van der Waals surface area contributed by atoms with E-state index in [1.54, 1.807) is 0 Å². The highest BCUT2D eigenvalue weighted by Crippen LogP contribution is 2.21. The number of carbonyl (C=O) groups excluding carboxylic acids is 1. The van der Waals surface area contributed by atoms with E-state index in [0.29, 0.717) is 0 Å². The Hall–Kier alpha value is -1.55. The summed E-state index contributed by atoms with van der Waals surface area (Å²) in [6, 6.07) is 8.59. The number of amides is 1. The minimum absolute atomic E-state index is 0.113. The van der Waals surface area contributed by atoms with Gasteiger partial charge in [-0.05, 0) is 32.4 Å². The molecule has 0 radical (unpaired) electrons. The molecule has 0 spiro atoms. The Kier molecular flexibility index (Phi) is 4.28. The van der Waals surface area contributed by atoms with Gasteiger partial charge in [-0.15, -0.1) is 0 Å². The lowest BCUT2D eigenvalue weighted by Gasteiger charge is -2.25. The smallest absolute Gasteiger partial charge is 0.325 e. The van der Waals surface area contributed by atoms with E-state index in [9.17, 15) is 4.79 Å². The first kappa shape index (κ1) is 15.8. The van der Waals surface area contributed by atoms with Gasteiger partial charge in [0.2, 0.25) is 0 Å². The third-order valence-corrected chi connectivity index (χ3v) is 5.92. The molecule has 0 fully saturated rings. The van der Waals surface area contributed by atoms with Gasteiger partial charge in [0.15, 0.2) is 0 Å². The lowest BCUT2D eigenvalue weighted by atomic mass is 10.2. The number of hydrogen-bond donors (Lipinski definition) is 0. The number of carbonyl (C=O) groups is 1. The van der Waals surface area contributed by atoms with Crippen molar-refractivity contribution in [2.24, 2.45) is 0 Å². The highest BCUT2D eigenvalue weighted by molar-refractivity contribution is 6.88. The van der Waals surface area contributed by atoms with Crippen LogP contribution in [0.3, 0.4) is 0 Å². The molecule has 1 aromatic carbocycles. The summed E-state index contributed by atoms with van der Waals surface area (Å²) in [5, 5.41) is 2.39. The minimum Gasteiger partial charge on any atom is -0.325 e. The summed E-state index contributed by atoms with van der Waals surface area (Å²) in [5.41, 5.74) is 2.24. The van der Waals surface area contributed by atoms with Crippen LogP contribution in [-0.4, -0.2) is 36.7 Å². The van der Waals surface area contributed by atoms with Crippen molar-refractivity contribution in [2.45, 2.75) is 40.4 Å². The molecule has 1 amide bonds. The molecule has 114 valence electrons. The second-order valence-corrected chi connectivity index (χ2v) is 11.6. The number of para-hydroxylation sites is 1. The summed E-state index contributed by atoms with van der Waals surface area (Å²) in [7, 11) is -1.60. The maximum Gasteiger partial charge on any atom is 0.328 e. The Morgan fingerprint density at radius 1 is 1.19 bits per heavy atom. The molecule has 0 aliphatic rings. The third kappa shape index (κ3) is 2.77. The summed E-state index contributed by atoms with van der Waals surface area (Å²) >= 11 is 0. The van der Waals surface area contributed by atoms with Crippen molar-refractivity contribution in [1.82, 2.24) is 9.47 Å². The van der Waals surface area contributed by atoms with Crippen molar-refractivity contribution >= 4 is 30.3 Å². The molecule has 0 aliphatic carbocycles. The first-order chi connectivity index (χ1) is 9.81. The van der Waals surface area contributed by atoms with Gasteiger partial charge in [0, 0.05) is 23.8 Å². The zero-order valence-electron chi connectivity index (χ0n) is 14.0. The van der Waals surface area contributed by atoms with Gasteiger partial charge in [-0.2, -0.15) is 0 Å². The molecule has 4 heteroatoms. The predicted molar refractivity (Wildman–Crippen MR) is 93.4 cm³/mol. The first-order valence-corrected chi connectivity index (χ1v) is 11.2. The van der Waals surface area contributed by atoms with Crippen LogP contribution in [0, 0.1) is 6.92 Å². The first-order valence-electron chi connectivity index (χ1n) is 7.72. The maximum absolute atomic E-state index is 13.0. The van der Waals surface area contributed by atoms with Crippen LogP contribution in [0.15, 0.2) is 24.3 Å². The fourth-order valence-electron chi connectivity index (χ4n) is 2.82. The summed E-state index contributed by atoms with van der Waals surface area (Å²) < 4.78 is 1.98. The monoisotopic (exact) mass is 302 g/mol. The van der Waals surface area contributed by atoms with Crippen molar-refractivity contribution in [3.05, 3.63) is 29.8 Å². The second kappa shape index (κ2) is 5.68. The molecule has 1 heterocycles. The van der Waals surface area contributed by atoms with Crippen LogP contribution in [0.25, 0.3) is 10.9 Å². The van der Waals surface area contributed by atoms with Crippen LogP contribution in [0.4, 0.5) is 4.79 Å². The Bertz CT molecular complexity index is 663. The van der Waals surface area contributed by atoms with Crippen LogP contribution in [0.1, 0.15) is 19.4 Å². The summed E-state index contributed by atoms with van der Waals surface area (Å²) in [5.74, 6) is 0. The minimum atomic E-state index is -1.60. The number of hydrogen-bond acceptors (Lipinski definition) is 1. The van der Waals surface area contributed by atoms with E-state index in [0.717, 1.165) is 24.2 Å². The molecule has 0 saturated carbocycles. The Morgan fingerprint density at radius 2 is 1.81 bits per heavy atom. The molecule has 1 aromatic heterocycles. The molecule has 0 bridgehead atoms. The van der Waals surface area contributed by atoms with Gasteiger partial charge in [-0.25, -0.2) is 4.79 Å². The molecule has 0 unspecified atom stereocenters. The van der Waals surface area contributed by atoms with Crippen LogP contribution in [0.2, 0.25) is 19.6 Å². The highest BCUT2D eigenvalue weighted by Gasteiger charge is 2.28. The molecular weight excluding hydrogens is 276 g/mol. The zero-order chi connectivity index (χ0) is 15.8. The molecule has 0 saturated heterocycles. The van der Waals surface area contributed by atoms with Crippen molar-refractivity contribution in [1.29, 1.82) is 0 Å². The van der Waals surface area contributed by atoms with E-state index in [1.165, 1.54) is 10.7 Å². The molecule has 2 rings (SSSR count). The van der Waals surface area contributed by atoms with Gasteiger partial charge in [0.25, 0.3) is 0 Å². The summed E-state index contributed by atoms with van der Waals surface area (Å²) in [4.78, 5) is 14.9. The van der Waals surface area contributed by atoms with E-state index < -0.39 is 8.07 Å². The highest BCUT2D eigenvalue weighted by atomic mass is 28.3. The van der Waals surface area contributed by atoms with Crippen molar-refractivity contribution in [3.63, 3.8) is 0 Å². The van der Waals surface area contributed by atoms with Crippen molar-refractivity contribution in [2.75, 3.05) is 13.1 Å². The largest absolute Gasteiger partial charge is 0.328 e. The molecule has 0 aliphatic heterocycles. The SMILES string of the molecule is CCN(CC)C(=O)n1c([Si](C)(C)C)cc2cccc(C)c21. The normalized spacial score (nSPS) is 11.9. The van der Waals surface area contributed by atoms with E-state index in [-0.39, 0.29) is 6.03 Å².